The molecule has 1 aliphatic heterocycles. The fraction of sp³-hybridized carbons (Fsp3) is 0.400. The lowest BCUT2D eigenvalue weighted by Gasteiger charge is -2.04. The number of guanidine groups is 1. The Kier molecular flexibility index (Phi) is 1.77. The lowest BCUT2D eigenvalue weighted by molar-refractivity contribution is -0.116. The Labute approximate surface area is 57.3 Å². The van der Waals surface area contributed by atoms with Gasteiger partial charge in [-0.05, 0) is 0 Å². The molecule has 1 aliphatic rings. The van der Waals surface area contributed by atoms with E-state index in [-0.39, 0.29) is 24.9 Å². The molecule has 0 aromatic rings. The van der Waals surface area contributed by atoms with Crippen LogP contribution < -0.4 is 5.73 Å². The summed E-state index contributed by atoms with van der Waals surface area (Å²) in [6.07, 6.45) is 0.0806. The molecule has 1 amide bonds. The van der Waals surface area contributed by atoms with Gasteiger partial charge in [-0.1, -0.05) is 0 Å². The second kappa shape index (κ2) is 2.57. The molecule has 0 unspecified atom stereocenters. The molecule has 5 heteroatoms. The summed E-state index contributed by atoms with van der Waals surface area (Å²) in [5, 5.41) is 8.53. The van der Waals surface area contributed by atoms with Gasteiger partial charge < -0.3 is 10.8 Å². The number of rotatable bonds is 1. The highest BCUT2D eigenvalue weighted by Gasteiger charge is 2.11. The van der Waals surface area contributed by atoms with E-state index in [0.717, 1.165) is 0 Å². The summed E-state index contributed by atoms with van der Waals surface area (Å²) in [7, 11) is 0. The van der Waals surface area contributed by atoms with E-state index in [1.165, 1.54) is 0 Å². The van der Waals surface area contributed by atoms with Crippen LogP contribution >= 0.6 is 0 Å². The molecule has 54 valence electrons. The van der Waals surface area contributed by atoms with Crippen molar-refractivity contribution in [2.24, 2.45) is 15.7 Å². The van der Waals surface area contributed by atoms with Gasteiger partial charge in [0.1, 0.15) is 0 Å². The van der Waals surface area contributed by atoms with E-state index in [4.69, 9.17) is 10.8 Å². The van der Waals surface area contributed by atoms with Gasteiger partial charge in [0.05, 0.1) is 18.7 Å². The number of nitrogens with two attached hydrogens (primary N) is 1. The third-order valence-corrected chi connectivity index (χ3v) is 1.05. The molecule has 0 saturated carbocycles. The number of hydrogen-bond acceptors (Lipinski definition) is 4. The summed E-state index contributed by atoms with van der Waals surface area (Å²) in [6.45, 7) is -0.234. The van der Waals surface area contributed by atoms with Gasteiger partial charge in [-0.15, -0.1) is 0 Å². The lowest BCUT2D eigenvalue weighted by atomic mass is 10.2. The van der Waals surface area contributed by atoms with Crippen LogP contribution in [0.2, 0.25) is 0 Å². The molecule has 1 heterocycles. The number of carbonyl (C=O) groups excluding carboxylic acids is 1. The maximum absolute atomic E-state index is 10.6. The zero-order chi connectivity index (χ0) is 7.56. The summed E-state index contributed by atoms with van der Waals surface area (Å²) in [4.78, 5) is 17.5. The zero-order valence-electron chi connectivity index (χ0n) is 5.24. The van der Waals surface area contributed by atoms with E-state index < -0.39 is 0 Å². The molecule has 10 heavy (non-hydrogen) atoms. The van der Waals surface area contributed by atoms with Gasteiger partial charge in [0.15, 0.2) is 0 Å². The van der Waals surface area contributed by atoms with Gasteiger partial charge in [0.25, 0.3) is 5.91 Å². The lowest BCUT2D eigenvalue weighted by Crippen LogP contribution is -2.23. The number of carbonyl (C=O) groups is 1. The second-order valence-electron chi connectivity index (χ2n) is 1.88. The predicted octanol–water partition coefficient (Wildman–Crippen LogP) is -1.34. The zero-order valence-corrected chi connectivity index (χ0v) is 5.24. The van der Waals surface area contributed by atoms with Crippen molar-refractivity contribution in [3.05, 3.63) is 0 Å². The highest BCUT2D eigenvalue weighted by molar-refractivity contribution is 6.13. The summed E-state index contributed by atoms with van der Waals surface area (Å²) >= 11 is 0. The summed E-state index contributed by atoms with van der Waals surface area (Å²) < 4.78 is 0. The SMILES string of the molecule is NC1=NC(=O)CC(CO)=N1. The van der Waals surface area contributed by atoms with Crippen LogP contribution in [0.4, 0.5) is 0 Å². The number of aliphatic hydroxyl groups is 1. The van der Waals surface area contributed by atoms with Crippen molar-refractivity contribution >= 4 is 17.6 Å². The Morgan fingerprint density at radius 1 is 1.60 bits per heavy atom. The van der Waals surface area contributed by atoms with Gasteiger partial charge in [-0.25, -0.2) is 4.99 Å². The van der Waals surface area contributed by atoms with E-state index >= 15 is 0 Å². The predicted molar refractivity (Wildman–Crippen MR) is 35.8 cm³/mol. The smallest absolute Gasteiger partial charge is 0.254 e. The first-order chi connectivity index (χ1) is 4.72. The topological polar surface area (TPSA) is 88.0 Å². The van der Waals surface area contributed by atoms with Crippen LogP contribution in [0, 0.1) is 0 Å². The second-order valence-corrected chi connectivity index (χ2v) is 1.88. The Hall–Kier alpha value is -1.23. The van der Waals surface area contributed by atoms with Crippen molar-refractivity contribution in [2.45, 2.75) is 6.42 Å². The molecule has 0 aromatic heterocycles. The summed E-state index contributed by atoms with van der Waals surface area (Å²) in [5.41, 5.74) is 5.49. The molecule has 0 radical (unpaired) electrons. The summed E-state index contributed by atoms with van der Waals surface area (Å²) in [6, 6.07) is 0. The van der Waals surface area contributed by atoms with Crippen LogP contribution in [-0.4, -0.2) is 29.3 Å². The molecule has 5 nitrogen and oxygen atoms in total. The number of aliphatic imine (C=N–C) groups is 2. The minimum atomic E-state index is -0.350. The maximum Gasteiger partial charge on any atom is 0.254 e. The van der Waals surface area contributed by atoms with Crippen molar-refractivity contribution in [2.75, 3.05) is 6.61 Å². The van der Waals surface area contributed by atoms with E-state index in [1.807, 2.05) is 0 Å². The van der Waals surface area contributed by atoms with Gasteiger partial charge in [-0.2, -0.15) is 4.99 Å². The van der Waals surface area contributed by atoms with Gasteiger partial charge in [-0.3, -0.25) is 4.79 Å². The fourth-order valence-electron chi connectivity index (χ4n) is 0.660. The third-order valence-electron chi connectivity index (χ3n) is 1.05. The Bertz CT molecular complexity index is 219. The summed E-state index contributed by atoms with van der Waals surface area (Å²) in [5.74, 6) is -0.420. The molecular formula is C5H7N3O2. The van der Waals surface area contributed by atoms with Crippen molar-refractivity contribution in [3.63, 3.8) is 0 Å². The minimum absolute atomic E-state index is 0.0692. The van der Waals surface area contributed by atoms with Crippen molar-refractivity contribution in [3.8, 4) is 0 Å². The molecular weight excluding hydrogens is 134 g/mol. The highest BCUT2D eigenvalue weighted by atomic mass is 16.3. The molecule has 0 atom stereocenters. The normalized spacial score (nSPS) is 18.3. The van der Waals surface area contributed by atoms with Gasteiger partial charge >= 0.3 is 0 Å². The first-order valence-electron chi connectivity index (χ1n) is 2.76. The molecule has 3 N–H and O–H groups in total. The number of nitrogens with zero attached hydrogens (tertiary/aromatic N) is 2. The first kappa shape index (κ1) is 6.88. The molecule has 0 spiro atoms. The number of hydrogen-bond donors (Lipinski definition) is 2. The van der Waals surface area contributed by atoms with E-state index in [0.29, 0.717) is 5.71 Å². The quantitative estimate of drug-likeness (QED) is 0.474. The maximum atomic E-state index is 10.6. The van der Waals surface area contributed by atoms with E-state index in [2.05, 4.69) is 9.98 Å². The monoisotopic (exact) mass is 141 g/mol. The average Bonchev–Trinajstić information content (AvgIpc) is 1.85. The molecule has 1 rings (SSSR count). The third kappa shape index (κ3) is 1.38. The van der Waals surface area contributed by atoms with E-state index in [9.17, 15) is 4.79 Å². The van der Waals surface area contributed by atoms with Crippen LogP contribution in [0.15, 0.2) is 9.98 Å². The van der Waals surface area contributed by atoms with Crippen LogP contribution in [-0.2, 0) is 4.79 Å². The average molecular weight is 141 g/mol. The minimum Gasteiger partial charge on any atom is -0.390 e. The first-order valence-corrected chi connectivity index (χ1v) is 2.76. The molecule has 0 bridgehead atoms. The number of amides is 1. The van der Waals surface area contributed by atoms with Crippen molar-refractivity contribution in [1.29, 1.82) is 0 Å². The van der Waals surface area contributed by atoms with Gasteiger partial charge in [0, 0.05) is 0 Å². The molecule has 0 aromatic carbocycles. The van der Waals surface area contributed by atoms with Crippen LogP contribution in [0.25, 0.3) is 0 Å². The van der Waals surface area contributed by atoms with Crippen molar-refractivity contribution in [1.82, 2.24) is 0 Å². The Morgan fingerprint density at radius 2 is 2.30 bits per heavy atom. The van der Waals surface area contributed by atoms with Crippen LogP contribution in [0.5, 0.6) is 0 Å². The highest BCUT2D eigenvalue weighted by Crippen LogP contribution is 1.96. The number of aliphatic hydroxyl groups excluding tert-OH is 1. The van der Waals surface area contributed by atoms with Gasteiger partial charge in [0.2, 0.25) is 5.96 Å². The fourth-order valence-corrected chi connectivity index (χ4v) is 0.660. The Morgan fingerprint density at radius 3 is 2.80 bits per heavy atom. The standard InChI is InChI=1S/C5H7N3O2/c6-5-7-3(2-9)1-4(10)8-5/h9H,1-2H2,(H2,6,8,10). The largest absolute Gasteiger partial charge is 0.390 e. The van der Waals surface area contributed by atoms with E-state index in [1.54, 1.807) is 0 Å². The van der Waals surface area contributed by atoms with Crippen LogP contribution in [0.1, 0.15) is 6.42 Å². The molecule has 0 saturated heterocycles. The Balaban J connectivity index is 2.80. The van der Waals surface area contributed by atoms with Crippen LogP contribution in [0.3, 0.4) is 0 Å². The molecule has 0 fully saturated rings. The molecule has 0 aliphatic carbocycles. The van der Waals surface area contributed by atoms with Crippen molar-refractivity contribution < 1.29 is 9.90 Å².